The SMILES string of the molecule is Cn1cnc(S(=O)(=O)NC[C@H](O)C(=O)O)c1. The maximum Gasteiger partial charge on any atom is 0.333 e. The van der Waals surface area contributed by atoms with Crippen molar-refractivity contribution < 1.29 is 23.4 Å². The third-order valence-electron chi connectivity index (χ3n) is 1.71. The van der Waals surface area contributed by atoms with Crippen LogP contribution in [0, 0.1) is 0 Å². The van der Waals surface area contributed by atoms with Crippen molar-refractivity contribution >= 4 is 16.0 Å². The third kappa shape index (κ3) is 3.02. The molecule has 3 N–H and O–H groups in total. The lowest BCUT2D eigenvalue weighted by molar-refractivity contribution is -0.146. The van der Waals surface area contributed by atoms with Gasteiger partial charge in [0.15, 0.2) is 11.1 Å². The van der Waals surface area contributed by atoms with E-state index in [0.29, 0.717) is 0 Å². The van der Waals surface area contributed by atoms with Crippen molar-refractivity contribution in [2.75, 3.05) is 6.54 Å². The molecule has 0 radical (unpaired) electrons. The second-order valence-corrected chi connectivity index (χ2v) is 4.80. The maximum absolute atomic E-state index is 11.5. The van der Waals surface area contributed by atoms with Gasteiger partial charge in [0.25, 0.3) is 10.0 Å². The molecular formula is C7H11N3O5S. The molecule has 0 fully saturated rings. The Morgan fingerprint density at radius 3 is 2.75 bits per heavy atom. The highest BCUT2D eigenvalue weighted by molar-refractivity contribution is 7.89. The molecule has 1 aromatic rings. The van der Waals surface area contributed by atoms with Gasteiger partial charge in [0, 0.05) is 19.8 Å². The number of aryl methyl sites for hydroxylation is 1. The summed E-state index contributed by atoms with van der Waals surface area (Å²) in [6, 6.07) is 0. The largest absolute Gasteiger partial charge is 0.479 e. The predicted molar refractivity (Wildman–Crippen MR) is 52.0 cm³/mol. The molecule has 16 heavy (non-hydrogen) atoms. The number of hydrogen-bond donors (Lipinski definition) is 3. The van der Waals surface area contributed by atoms with Crippen LogP contribution in [-0.4, -0.2) is 46.8 Å². The molecule has 0 spiro atoms. The molecule has 8 nitrogen and oxygen atoms in total. The second kappa shape index (κ2) is 4.60. The fourth-order valence-electron chi connectivity index (χ4n) is 0.878. The van der Waals surface area contributed by atoms with Crippen LogP contribution in [0.4, 0.5) is 0 Å². The zero-order chi connectivity index (χ0) is 12.3. The highest BCUT2D eigenvalue weighted by Crippen LogP contribution is 2.03. The van der Waals surface area contributed by atoms with Gasteiger partial charge >= 0.3 is 5.97 Å². The number of nitrogens with one attached hydrogen (secondary N) is 1. The molecule has 0 unspecified atom stereocenters. The predicted octanol–water partition coefficient (Wildman–Crippen LogP) is -1.86. The van der Waals surface area contributed by atoms with E-state index >= 15 is 0 Å². The van der Waals surface area contributed by atoms with Gasteiger partial charge in [0.2, 0.25) is 0 Å². The van der Waals surface area contributed by atoms with Crippen LogP contribution in [0.5, 0.6) is 0 Å². The van der Waals surface area contributed by atoms with Gasteiger partial charge in [-0.3, -0.25) is 0 Å². The number of aliphatic hydroxyl groups excluding tert-OH is 1. The van der Waals surface area contributed by atoms with E-state index in [2.05, 4.69) is 4.98 Å². The summed E-state index contributed by atoms with van der Waals surface area (Å²) in [5.74, 6) is -1.50. The minimum absolute atomic E-state index is 0.229. The molecule has 90 valence electrons. The number of carboxylic acid groups (broad SMARTS) is 1. The number of imidazole rings is 1. The van der Waals surface area contributed by atoms with Crippen LogP contribution in [-0.2, 0) is 21.9 Å². The first kappa shape index (κ1) is 12.6. The summed E-state index contributed by atoms with van der Waals surface area (Å²) in [6.07, 6.45) is 0.774. The molecule has 0 aromatic carbocycles. The Kier molecular flexibility index (Phi) is 3.62. The minimum Gasteiger partial charge on any atom is -0.479 e. The fraction of sp³-hybridized carbons (Fsp3) is 0.429. The van der Waals surface area contributed by atoms with Crippen molar-refractivity contribution in [3.63, 3.8) is 0 Å². The summed E-state index contributed by atoms with van der Waals surface area (Å²) < 4.78 is 26.3. The lowest BCUT2D eigenvalue weighted by Gasteiger charge is -2.06. The van der Waals surface area contributed by atoms with Gasteiger partial charge in [-0.1, -0.05) is 0 Å². The van der Waals surface area contributed by atoms with Gasteiger partial charge in [-0.25, -0.2) is 22.9 Å². The zero-order valence-corrected chi connectivity index (χ0v) is 9.18. The van der Waals surface area contributed by atoms with Gasteiger partial charge < -0.3 is 14.8 Å². The van der Waals surface area contributed by atoms with Crippen LogP contribution >= 0.6 is 0 Å². The van der Waals surface area contributed by atoms with Crippen LogP contribution in [0.2, 0.25) is 0 Å². The number of rotatable bonds is 5. The number of nitrogens with zero attached hydrogens (tertiary/aromatic N) is 2. The Morgan fingerprint density at radius 1 is 1.69 bits per heavy atom. The fourth-order valence-corrected chi connectivity index (χ4v) is 1.89. The molecule has 1 atom stereocenters. The summed E-state index contributed by atoms with van der Waals surface area (Å²) in [5, 5.41) is 17.0. The first-order valence-electron chi connectivity index (χ1n) is 4.21. The highest BCUT2D eigenvalue weighted by Gasteiger charge is 2.20. The Labute approximate surface area is 91.6 Å². The van der Waals surface area contributed by atoms with E-state index in [1.54, 1.807) is 7.05 Å². The first-order chi connectivity index (χ1) is 7.33. The topological polar surface area (TPSA) is 122 Å². The Bertz CT molecular complexity index is 480. The summed E-state index contributed by atoms with van der Waals surface area (Å²) >= 11 is 0. The van der Waals surface area contributed by atoms with Crippen LogP contribution in [0.3, 0.4) is 0 Å². The molecule has 1 heterocycles. The summed E-state index contributed by atoms with van der Waals surface area (Å²) in [6.45, 7) is -0.603. The number of aliphatic hydroxyl groups is 1. The zero-order valence-electron chi connectivity index (χ0n) is 8.36. The summed E-state index contributed by atoms with van der Waals surface area (Å²) in [5.41, 5.74) is 0. The Hall–Kier alpha value is -1.45. The van der Waals surface area contributed by atoms with E-state index in [-0.39, 0.29) is 5.03 Å². The standard InChI is InChI=1S/C7H11N3O5S/c1-10-3-6(8-4-10)16(14,15)9-2-5(11)7(12)13/h3-5,9,11H,2H2,1H3,(H,12,13)/t5-/m0/s1. The number of carbonyl (C=O) groups is 1. The maximum atomic E-state index is 11.5. The molecule has 0 saturated carbocycles. The van der Waals surface area contributed by atoms with Crippen molar-refractivity contribution in [1.82, 2.24) is 14.3 Å². The van der Waals surface area contributed by atoms with Crippen molar-refractivity contribution in [2.45, 2.75) is 11.1 Å². The van der Waals surface area contributed by atoms with Gasteiger partial charge in [0.1, 0.15) is 0 Å². The van der Waals surface area contributed by atoms with E-state index in [9.17, 15) is 13.2 Å². The van der Waals surface area contributed by atoms with E-state index < -0.39 is 28.6 Å². The normalized spacial score (nSPS) is 13.6. The second-order valence-electron chi connectivity index (χ2n) is 3.08. The van der Waals surface area contributed by atoms with E-state index in [4.69, 9.17) is 10.2 Å². The molecule has 9 heteroatoms. The lowest BCUT2D eigenvalue weighted by Crippen LogP contribution is -2.36. The molecule has 0 bridgehead atoms. The molecule has 0 saturated heterocycles. The van der Waals surface area contributed by atoms with Crippen LogP contribution in [0.15, 0.2) is 17.6 Å². The summed E-state index contributed by atoms with van der Waals surface area (Å²) in [4.78, 5) is 13.8. The lowest BCUT2D eigenvalue weighted by atomic mass is 10.4. The van der Waals surface area contributed by atoms with E-state index in [1.807, 2.05) is 4.72 Å². The van der Waals surface area contributed by atoms with Crippen LogP contribution in [0.25, 0.3) is 0 Å². The van der Waals surface area contributed by atoms with Crippen LogP contribution < -0.4 is 4.72 Å². The van der Waals surface area contributed by atoms with Crippen molar-refractivity contribution in [3.8, 4) is 0 Å². The number of hydrogen-bond acceptors (Lipinski definition) is 5. The average molecular weight is 249 g/mol. The molecule has 0 aliphatic rings. The van der Waals surface area contributed by atoms with Crippen LogP contribution in [0.1, 0.15) is 0 Å². The Balaban J connectivity index is 2.70. The first-order valence-corrected chi connectivity index (χ1v) is 5.70. The third-order valence-corrected chi connectivity index (χ3v) is 3.02. The highest BCUT2D eigenvalue weighted by atomic mass is 32.2. The summed E-state index contributed by atoms with van der Waals surface area (Å²) in [7, 11) is -2.28. The molecule has 0 amide bonds. The van der Waals surface area contributed by atoms with E-state index in [1.165, 1.54) is 17.1 Å². The van der Waals surface area contributed by atoms with Crippen molar-refractivity contribution in [3.05, 3.63) is 12.5 Å². The number of aliphatic carboxylic acids is 1. The van der Waals surface area contributed by atoms with Crippen molar-refractivity contribution in [1.29, 1.82) is 0 Å². The number of aromatic nitrogens is 2. The smallest absolute Gasteiger partial charge is 0.333 e. The van der Waals surface area contributed by atoms with Gasteiger partial charge in [-0.05, 0) is 0 Å². The molecule has 0 aliphatic carbocycles. The number of carboxylic acids is 1. The molecule has 1 rings (SSSR count). The molecule has 0 aliphatic heterocycles. The van der Waals surface area contributed by atoms with Gasteiger partial charge in [-0.15, -0.1) is 0 Å². The average Bonchev–Trinajstić information content (AvgIpc) is 2.61. The van der Waals surface area contributed by atoms with Gasteiger partial charge in [0.05, 0.1) is 6.33 Å². The van der Waals surface area contributed by atoms with Crippen molar-refractivity contribution in [2.24, 2.45) is 7.05 Å². The van der Waals surface area contributed by atoms with Gasteiger partial charge in [-0.2, -0.15) is 0 Å². The molecule has 1 aromatic heterocycles. The Morgan fingerprint density at radius 2 is 2.31 bits per heavy atom. The minimum atomic E-state index is -3.87. The number of sulfonamides is 1. The molecular weight excluding hydrogens is 238 g/mol. The monoisotopic (exact) mass is 249 g/mol. The van der Waals surface area contributed by atoms with E-state index in [0.717, 1.165) is 0 Å². The quantitative estimate of drug-likeness (QED) is 0.563.